The average Bonchev–Trinajstić information content (AvgIpc) is 2.42. The average molecular weight is 292 g/mol. The molecule has 0 radical (unpaired) electrons. The Kier molecular flexibility index (Phi) is 4.40. The molecule has 20 heavy (non-hydrogen) atoms. The molecule has 0 unspecified atom stereocenters. The van der Waals surface area contributed by atoms with Gasteiger partial charge in [0.15, 0.2) is 5.78 Å². The third-order valence-electron chi connectivity index (χ3n) is 3.05. The molecular formula is C16H15ClFNO. The molecule has 2 rings (SSSR count). The van der Waals surface area contributed by atoms with Crippen LogP contribution in [-0.4, -0.2) is 19.9 Å². The predicted octanol–water partition coefficient (Wildman–Crippen LogP) is 3.97. The van der Waals surface area contributed by atoms with Gasteiger partial charge in [-0.2, -0.15) is 0 Å². The van der Waals surface area contributed by atoms with E-state index < -0.39 is 5.82 Å². The zero-order chi connectivity index (χ0) is 14.7. The molecular weight excluding hydrogens is 277 g/mol. The number of halogens is 2. The lowest BCUT2D eigenvalue weighted by atomic mass is 10.0. The molecule has 104 valence electrons. The monoisotopic (exact) mass is 291 g/mol. The van der Waals surface area contributed by atoms with Crippen molar-refractivity contribution in [2.24, 2.45) is 0 Å². The predicted molar refractivity (Wildman–Crippen MR) is 80.2 cm³/mol. The van der Waals surface area contributed by atoms with E-state index in [1.54, 1.807) is 12.1 Å². The van der Waals surface area contributed by atoms with Crippen LogP contribution in [0.4, 0.5) is 10.1 Å². The van der Waals surface area contributed by atoms with E-state index in [4.69, 9.17) is 11.6 Å². The number of carbonyl (C=O) groups is 1. The molecule has 0 aliphatic heterocycles. The minimum atomic E-state index is -0.402. The van der Waals surface area contributed by atoms with Crippen molar-refractivity contribution in [3.05, 3.63) is 64.4 Å². The van der Waals surface area contributed by atoms with E-state index in [1.807, 2.05) is 37.2 Å². The van der Waals surface area contributed by atoms with Crippen LogP contribution < -0.4 is 4.90 Å². The van der Waals surface area contributed by atoms with E-state index in [1.165, 1.54) is 12.1 Å². The standard InChI is InChI=1S/C16H15ClFNO/c1-19(2)14-5-3-4-12(8-14)16(20)9-11-6-7-13(18)10-15(11)17/h3-8,10H,9H2,1-2H3. The highest BCUT2D eigenvalue weighted by molar-refractivity contribution is 6.31. The van der Waals surface area contributed by atoms with Gasteiger partial charge in [-0.3, -0.25) is 4.79 Å². The molecule has 0 saturated carbocycles. The zero-order valence-corrected chi connectivity index (χ0v) is 12.1. The second-order valence-electron chi connectivity index (χ2n) is 4.78. The molecule has 0 amide bonds. The largest absolute Gasteiger partial charge is 0.378 e. The van der Waals surface area contributed by atoms with Gasteiger partial charge in [-0.1, -0.05) is 29.8 Å². The van der Waals surface area contributed by atoms with Crippen LogP contribution in [-0.2, 0) is 6.42 Å². The Balaban J connectivity index is 2.21. The lowest BCUT2D eigenvalue weighted by molar-refractivity contribution is 0.0993. The minimum Gasteiger partial charge on any atom is -0.378 e. The molecule has 0 aliphatic carbocycles. The maximum Gasteiger partial charge on any atom is 0.167 e. The van der Waals surface area contributed by atoms with Crippen LogP contribution in [0.3, 0.4) is 0 Å². The van der Waals surface area contributed by atoms with Crippen molar-refractivity contribution in [2.75, 3.05) is 19.0 Å². The summed E-state index contributed by atoms with van der Waals surface area (Å²) in [5.41, 5.74) is 2.21. The van der Waals surface area contributed by atoms with Gasteiger partial charge in [-0.05, 0) is 29.8 Å². The van der Waals surface area contributed by atoms with Gasteiger partial charge in [0.25, 0.3) is 0 Å². The van der Waals surface area contributed by atoms with Gasteiger partial charge in [0.05, 0.1) is 0 Å². The van der Waals surface area contributed by atoms with Crippen LogP contribution in [0.1, 0.15) is 15.9 Å². The molecule has 4 heteroatoms. The maximum atomic E-state index is 13.0. The van der Waals surface area contributed by atoms with Gasteiger partial charge in [-0.15, -0.1) is 0 Å². The van der Waals surface area contributed by atoms with Gasteiger partial charge in [0.1, 0.15) is 5.82 Å². The van der Waals surface area contributed by atoms with Crippen LogP contribution in [0.5, 0.6) is 0 Å². The molecule has 0 spiro atoms. The summed E-state index contributed by atoms with van der Waals surface area (Å²) in [7, 11) is 3.83. The Bertz CT molecular complexity index is 640. The van der Waals surface area contributed by atoms with Gasteiger partial charge in [0, 0.05) is 36.8 Å². The first-order chi connectivity index (χ1) is 9.47. The van der Waals surface area contributed by atoms with Crippen LogP contribution >= 0.6 is 11.6 Å². The summed E-state index contributed by atoms with van der Waals surface area (Å²) in [6.45, 7) is 0. The fourth-order valence-electron chi connectivity index (χ4n) is 1.90. The highest BCUT2D eigenvalue weighted by Gasteiger charge is 2.11. The van der Waals surface area contributed by atoms with E-state index in [9.17, 15) is 9.18 Å². The lowest BCUT2D eigenvalue weighted by Gasteiger charge is -2.13. The third-order valence-corrected chi connectivity index (χ3v) is 3.40. The molecule has 0 aromatic heterocycles. The summed E-state index contributed by atoms with van der Waals surface area (Å²) in [4.78, 5) is 14.2. The molecule has 0 N–H and O–H groups in total. The van der Waals surface area contributed by atoms with Crippen molar-refractivity contribution >= 4 is 23.1 Å². The molecule has 0 aliphatic rings. The number of ketones is 1. The van der Waals surface area contributed by atoms with Gasteiger partial charge < -0.3 is 4.90 Å². The van der Waals surface area contributed by atoms with E-state index in [-0.39, 0.29) is 17.2 Å². The second-order valence-corrected chi connectivity index (χ2v) is 5.19. The molecule has 2 aromatic rings. The summed E-state index contributed by atoms with van der Waals surface area (Å²) in [5, 5.41) is 0.280. The highest BCUT2D eigenvalue weighted by Crippen LogP contribution is 2.20. The summed E-state index contributed by atoms with van der Waals surface area (Å²) in [6, 6.07) is 11.5. The number of rotatable bonds is 4. The first-order valence-electron chi connectivity index (χ1n) is 6.22. The Morgan fingerprint density at radius 2 is 1.95 bits per heavy atom. The van der Waals surface area contributed by atoms with E-state index in [0.29, 0.717) is 11.1 Å². The number of benzene rings is 2. The van der Waals surface area contributed by atoms with E-state index in [0.717, 1.165) is 5.69 Å². The van der Waals surface area contributed by atoms with Gasteiger partial charge >= 0.3 is 0 Å². The molecule has 0 heterocycles. The lowest BCUT2D eigenvalue weighted by Crippen LogP contribution is -2.10. The number of Topliss-reactive ketones (excluding diaryl/α,β-unsaturated/α-hetero) is 1. The van der Waals surface area contributed by atoms with Gasteiger partial charge in [-0.25, -0.2) is 4.39 Å². The number of anilines is 1. The Labute approximate surface area is 122 Å². The Hall–Kier alpha value is -1.87. The number of nitrogens with zero attached hydrogens (tertiary/aromatic N) is 1. The van der Waals surface area contributed by atoms with Crippen molar-refractivity contribution in [3.8, 4) is 0 Å². The van der Waals surface area contributed by atoms with Crippen molar-refractivity contribution in [1.82, 2.24) is 0 Å². The quantitative estimate of drug-likeness (QED) is 0.795. The summed E-state index contributed by atoms with van der Waals surface area (Å²) >= 11 is 5.94. The van der Waals surface area contributed by atoms with Crippen LogP contribution in [0, 0.1) is 5.82 Å². The molecule has 2 nitrogen and oxygen atoms in total. The number of hydrogen-bond donors (Lipinski definition) is 0. The van der Waals surface area contributed by atoms with Crippen LogP contribution in [0.2, 0.25) is 5.02 Å². The fourth-order valence-corrected chi connectivity index (χ4v) is 2.13. The third kappa shape index (κ3) is 3.36. The Morgan fingerprint density at radius 3 is 2.60 bits per heavy atom. The number of hydrogen-bond acceptors (Lipinski definition) is 2. The summed E-state index contributed by atoms with van der Waals surface area (Å²) in [6.07, 6.45) is 0.163. The molecule has 0 atom stereocenters. The normalized spacial score (nSPS) is 10.4. The SMILES string of the molecule is CN(C)c1cccc(C(=O)Cc2ccc(F)cc2Cl)c1. The van der Waals surface area contributed by atoms with Crippen molar-refractivity contribution in [2.45, 2.75) is 6.42 Å². The highest BCUT2D eigenvalue weighted by atomic mass is 35.5. The first-order valence-corrected chi connectivity index (χ1v) is 6.59. The minimum absolute atomic E-state index is 0.0396. The van der Waals surface area contributed by atoms with Gasteiger partial charge in [0.2, 0.25) is 0 Å². The van der Waals surface area contributed by atoms with E-state index in [2.05, 4.69) is 0 Å². The molecule has 0 saturated heterocycles. The molecule has 2 aromatic carbocycles. The topological polar surface area (TPSA) is 20.3 Å². The first kappa shape index (κ1) is 14.5. The Morgan fingerprint density at radius 1 is 1.20 bits per heavy atom. The van der Waals surface area contributed by atoms with Crippen molar-refractivity contribution in [1.29, 1.82) is 0 Å². The summed E-state index contributed by atoms with van der Waals surface area (Å²) in [5.74, 6) is -0.442. The summed E-state index contributed by atoms with van der Waals surface area (Å²) < 4.78 is 13.0. The van der Waals surface area contributed by atoms with E-state index >= 15 is 0 Å². The molecule has 0 bridgehead atoms. The molecule has 0 fully saturated rings. The van der Waals surface area contributed by atoms with Crippen molar-refractivity contribution < 1.29 is 9.18 Å². The fraction of sp³-hybridized carbons (Fsp3) is 0.188. The van der Waals surface area contributed by atoms with Crippen LogP contribution in [0.25, 0.3) is 0 Å². The zero-order valence-electron chi connectivity index (χ0n) is 11.4. The smallest absolute Gasteiger partial charge is 0.167 e. The maximum absolute atomic E-state index is 13.0. The van der Waals surface area contributed by atoms with Crippen molar-refractivity contribution in [3.63, 3.8) is 0 Å². The second kappa shape index (κ2) is 6.06. The number of carbonyl (C=O) groups excluding carboxylic acids is 1. The van der Waals surface area contributed by atoms with Crippen LogP contribution in [0.15, 0.2) is 42.5 Å².